The average molecular weight is 388 g/mol. The van der Waals surface area contributed by atoms with Gasteiger partial charge in [0.15, 0.2) is 0 Å². The molecule has 3 aromatic rings. The Balaban J connectivity index is 1.69. The Labute approximate surface area is 148 Å². The molecular weight excluding hydrogens is 370 g/mol. The van der Waals surface area contributed by atoms with Crippen LogP contribution in [0.15, 0.2) is 59.6 Å². The monoisotopic (exact) mass is 387 g/mol. The third kappa shape index (κ3) is 3.56. The SMILES string of the molecule is CC(C)(C(=O)Nc1cnn(Cc2ccccc2)c1)n1cc(Br)cn1. The van der Waals surface area contributed by atoms with Crippen molar-refractivity contribution in [2.24, 2.45) is 0 Å². The minimum absolute atomic E-state index is 0.155. The second kappa shape index (κ2) is 6.60. The molecule has 0 atom stereocenters. The van der Waals surface area contributed by atoms with Crippen LogP contribution < -0.4 is 5.32 Å². The number of hydrogen-bond donors (Lipinski definition) is 1. The van der Waals surface area contributed by atoms with Gasteiger partial charge in [-0.15, -0.1) is 0 Å². The lowest BCUT2D eigenvalue weighted by Gasteiger charge is -2.23. The van der Waals surface area contributed by atoms with Crippen LogP contribution in [-0.2, 0) is 16.9 Å². The Morgan fingerprint density at radius 1 is 1.17 bits per heavy atom. The molecule has 0 aliphatic carbocycles. The van der Waals surface area contributed by atoms with Crippen molar-refractivity contribution in [3.8, 4) is 0 Å². The molecule has 0 fully saturated rings. The van der Waals surface area contributed by atoms with Crippen molar-refractivity contribution in [3.05, 3.63) is 65.2 Å². The first-order chi connectivity index (χ1) is 11.4. The van der Waals surface area contributed by atoms with Gasteiger partial charge in [0, 0.05) is 12.4 Å². The molecule has 0 bridgehead atoms. The molecule has 124 valence electrons. The summed E-state index contributed by atoms with van der Waals surface area (Å²) in [5.74, 6) is -0.155. The fourth-order valence-corrected chi connectivity index (χ4v) is 2.57. The maximum Gasteiger partial charge on any atom is 0.251 e. The van der Waals surface area contributed by atoms with Crippen molar-refractivity contribution in [2.45, 2.75) is 25.9 Å². The lowest BCUT2D eigenvalue weighted by Crippen LogP contribution is -2.40. The summed E-state index contributed by atoms with van der Waals surface area (Å²) in [5, 5.41) is 11.4. The summed E-state index contributed by atoms with van der Waals surface area (Å²) in [4.78, 5) is 12.6. The van der Waals surface area contributed by atoms with Crippen LogP contribution in [0.2, 0.25) is 0 Å². The van der Waals surface area contributed by atoms with E-state index in [1.807, 2.05) is 50.4 Å². The second-order valence-corrected chi connectivity index (χ2v) is 6.94. The molecule has 2 heterocycles. The first kappa shape index (κ1) is 16.4. The van der Waals surface area contributed by atoms with Crippen LogP contribution in [-0.4, -0.2) is 25.5 Å². The topological polar surface area (TPSA) is 64.7 Å². The van der Waals surface area contributed by atoms with E-state index in [1.54, 1.807) is 28.0 Å². The maximum absolute atomic E-state index is 12.6. The molecule has 2 aromatic heterocycles. The third-order valence-corrected chi connectivity index (χ3v) is 4.17. The number of carbonyl (C=O) groups excluding carboxylic acids is 1. The number of nitrogens with one attached hydrogen (secondary N) is 1. The molecule has 1 amide bonds. The van der Waals surface area contributed by atoms with Gasteiger partial charge in [-0.2, -0.15) is 10.2 Å². The van der Waals surface area contributed by atoms with E-state index in [-0.39, 0.29) is 5.91 Å². The molecule has 1 aromatic carbocycles. The molecule has 0 unspecified atom stereocenters. The van der Waals surface area contributed by atoms with E-state index in [1.165, 1.54) is 0 Å². The Hall–Kier alpha value is -2.41. The number of carbonyl (C=O) groups is 1. The van der Waals surface area contributed by atoms with Gasteiger partial charge in [-0.3, -0.25) is 14.2 Å². The third-order valence-electron chi connectivity index (χ3n) is 3.76. The van der Waals surface area contributed by atoms with Crippen LogP contribution >= 0.6 is 15.9 Å². The zero-order chi connectivity index (χ0) is 17.2. The van der Waals surface area contributed by atoms with Gasteiger partial charge in [0.2, 0.25) is 0 Å². The molecule has 0 aliphatic rings. The molecule has 0 aliphatic heterocycles. The summed E-state index contributed by atoms with van der Waals surface area (Å²) in [7, 11) is 0. The number of hydrogen-bond acceptors (Lipinski definition) is 3. The quantitative estimate of drug-likeness (QED) is 0.730. The van der Waals surface area contributed by atoms with Crippen molar-refractivity contribution < 1.29 is 4.79 Å². The molecule has 0 spiro atoms. The smallest absolute Gasteiger partial charge is 0.251 e. The number of aromatic nitrogens is 4. The van der Waals surface area contributed by atoms with E-state index in [0.29, 0.717) is 12.2 Å². The minimum atomic E-state index is -0.812. The lowest BCUT2D eigenvalue weighted by atomic mass is 10.1. The molecule has 3 rings (SSSR count). The van der Waals surface area contributed by atoms with Gasteiger partial charge in [0.25, 0.3) is 5.91 Å². The van der Waals surface area contributed by atoms with Crippen molar-refractivity contribution in [1.82, 2.24) is 19.6 Å². The summed E-state index contributed by atoms with van der Waals surface area (Å²) in [6.07, 6.45) is 6.90. The van der Waals surface area contributed by atoms with Crippen molar-refractivity contribution in [3.63, 3.8) is 0 Å². The number of amides is 1. The molecule has 0 saturated heterocycles. The van der Waals surface area contributed by atoms with Crippen LogP contribution in [0.3, 0.4) is 0 Å². The predicted molar refractivity (Wildman–Crippen MR) is 95.6 cm³/mol. The zero-order valence-corrected chi connectivity index (χ0v) is 15.1. The number of anilines is 1. The van der Waals surface area contributed by atoms with Crippen LogP contribution in [0.25, 0.3) is 0 Å². The summed E-state index contributed by atoms with van der Waals surface area (Å²) in [5.41, 5.74) is 1.00. The Morgan fingerprint density at radius 2 is 1.92 bits per heavy atom. The van der Waals surface area contributed by atoms with E-state index in [2.05, 4.69) is 31.4 Å². The highest BCUT2D eigenvalue weighted by atomic mass is 79.9. The van der Waals surface area contributed by atoms with Gasteiger partial charge in [0.1, 0.15) is 5.54 Å². The van der Waals surface area contributed by atoms with Crippen LogP contribution in [0.5, 0.6) is 0 Å². The second-order valence-electron chi connectivity index (χ2n) is 6.03. The van der Waals surface area contributed by atoms with Crippen molar-refractivity contribution in [2.75, 3.05) is 5.32 Å². The van der Waals surface area contributed by atoms with Gasteiger partial charge in [-0.1, -0.05) is 30.3 Å². The lowest BCUT2D eigenvalue weighted by molar-refractivity contribution is -0.123. The molecule has 7 heteroatoms. The van der Waals surface area contributed by atoms with Crippen LogP contribution in [0, 0.1) is 0 Å². The molecule has 6 nitrogen and oxygen atoms in total. The number of halogens is 1. The van der Waals surface area contributed by atoms with Crippen LogP contribution in [0.4, 0.5) is 5.69 Å². The van der Waals surface area contributed by atoms with E-state index >= 15 is 0 Å². The average Bonchev–Trinajstić information content (AvgIpc) is 3.18. The molecule has 24 heavy (non-hydrogen) atoms. The van der Waals surface area contributed by atoms with E-state index in [0.717, 1.165) is 10.0 Å². The summed E-state index contributed by atoms with van der Waals surface area (Å²) in [6, 6.07) is 10.0. The van der Waals surface area contributed by atoms with Gasteiger partial charge in [-0.05, 0) is 35.3 Å². The minimum Gasteiger partial charge on any atom is -0.321 e. The van der Waals surface area contributed by atoms with Gasteiger partial charge < -0.3 is 5.32 Å². The fourth-order valence-electron chi connectivity index (χ4n) is 2.28. The standard InChI is InChI=1S/C17H18BrN5O/c1-17(2,23-11-14(18)8-20-23)16(24)21-15-9-19-22(12-15)10-13-6-4-3-5-7-13/h3-9,11-12H,10H2,1-2H3,(H,21,24). The molecule has 1 N–H and O–H groups in total. The first-order valence-corrected chi connectivity index (χ1v) is 8.33. The van der Waals surface area contributed by atoms with Gasteiger partial charge in [-0.25, -0.2) is 0 Å². The van der Waals surface area contributed by atoms with Crippen molar-refractivity contribution in [1.29, 1.82) is 0 Å². The van der Waals surface area contributed by atoms with E-state index < -0.39 is 5.54 Å². The summed E-state index contributed by atoms with van der Waals surface area (Å²) >= 11 is 3.35. The number of benzene rings is 1. The molecular formula is C17H18BrN5O. The van der Waals surface area contributed by atoms with Gasteiger partial charge in [0.05, 0.1) is 29.1 Å². The van der Waals surface area contributed by atoms with Gasteiger partial charge >= 0.3 is 0 Å². The normalized spacial score (nSPS) is 11.5. The van der Waals surface area contributed by atoms with Crippen molar-refractivity contribution >= 4 is 27.5 Å². The first-order valence-electron chi connectivity index (χ1n) is 7.53. The largest absolute Gasteiger partial charge is 0.321 e. The Kier molecular flexibility index (Phi) is 4.53. The summed E-state index contributed by atoms with van der Waals surface area (Å²) in [6.45, 7) is 4.29. The zero-order valence-electron chi connectivity index (χ0n) is 13.5. The maximum atomic E-state index is 12.6. The molecule has 0 saturated carbocycles. The summed E-state index contributed by atoms with van der Waals surface area (Å²) < 4.78 is 4.25. The highest BCUT2D eigenvalue weighted by Crippen LogP contribution is 2.20. The van der Waals surface area contributed by atoms with E-state index in [9.17, 15) is 4.79 Å². The van der Waals surface area contributed by atoms with Crippen LogP contribution in [0.1, 0.15) is 19.4 Å². The molecule has 0 radical (unpaired) electrons. The highest BCUT2D eigenvalue weighted by Gasteiger charge is 2.30. The number of nitrogens with zero attached hydrogens (tertiary/aromatic N) is 4. The van der Waals surface area contributed by atoms with E-state index in [4.69, 9.17) is 0 Å². The Bertz CT molecular complexity index is 838. The fraction of sp³-hybridized carbons (Fsp3) is 0.235. The Morgan fingerprint density at radius 3 is 2.58 bits per heavy atom. The number of rotatable bonds is 5. The predicted octanol–water partition coefficient (Wildman–Crippen LogP) is 3.26. The highest BCUT2D eigenvalue weighted by molar-refractivity contribution is 9.10.